The zero-order valence-electron chi connectivity index (χ0n) is 29.9. The first-order chi connectivity index (χ1) is 25.7. The molecule has 5 aromatic rings. The van der Waals surface area contributed by atoms with Crippen molar-refractivity contribution in [1.29, 1.82) is 0 Å². The van der Waals surface area contributed by atoms with Crippen LogP contribution in [0.2, 0.25) is 0 Å². The van der Waals surface area contributed by atoms with Crippen LogP contribution in [-0.2, 0) is 14.3 Å². The second-order valence-electron chi connectivity index (χ2n) is 11.8. The van der Waals surface area contributed by atoms with Crippen LogP contribution in [0.3, 0.4) is 0 Å². The molecule has 0 saturated carbocycles. The molecule has 0 fully saturated rings. The summed E-state index contributed by atoms with van der Waals surface area (Å²) in [6, 6.07) is 30.9. The molecule has 0 bridgehead atoms. The highest BCUT2D eigenvalue weighted by Crippen LogP contribution is 2.37. The number of thiophene rings is 1. The number of hydrogen-bond acceptors (Lipinski definition) is 8. The molecular weight excluding hydrogens is 707 g/mol. The molecule has 272 valence electrons. The third-order valence-electron chi connectivity index (χ3n) is 7.95. The predicted molar refractivity (Wildman–Crippen MR) is 214 cm³/mol. The van der Waals surface area contributed by atoms with Crippen LogP contribution in [0.4, 0.5) is 10.7 Å². The minimum absolute atomic E-state index is 0.0215. The van der Waals surface area contributed by atoms with Crippen molar-refractivity contribution in [2.45, 2.75) is 44.3 Å². The lowest BCUT2D eigenvalue weighted by Gasteiger charge is -2.16. The standard InChI is InChI=1S/C42H41N3O6S2/c1-5-36(40(48)45-41-37(42(49)51-7-3)33(26-52-41)28-22-20-27(4)21-23-28)53-32-18-13-17-31(25-32)43-39(47)34(44-38(46)29-14-9-8-10-15-29)24-30-16-11-12-19-35(30)50-6-2/h8-26,36H,5-7H2,1-4H3,(H,43,47)(H,44,46)(H,45,48)/b34-24+. The summed E-state index contributed by atoms with van der Waals surface area (Å²) in [5, 5.41) is 10.4. The Kier molecular flexibility index (Phi) is 13.6. The topological polar surface area (TPSA) is 123 Å². The molecule has 0 aliphatic carbocycles. The summed E-state index contributed by atoms with van der Waals surface area (Å²) in [5.74, 6) is -1.18. The van der Waals surface area contributed by atoms with Gasteiger partial charge in [0.15, 0.2) is 0 Å². The van der Waals surface area contributed by atoms with Crippen molar-refractivity contribution in [3.63, 3.8) is 0 Å². The molecule has 0 radical (unpaired) electrons. The van der Waals surface area contributed by atoms with E-state index in [9.17, 15) is 19.2 Å². The van der Waals surface area contributed by atoms with E-state index in [0.29, 0.717) is 51.7 Å². The first-order valence-corrected chi connectivity index (χ1v) is 19.0. The van der Waals surface area contributed by atoms with E-state index in [1.165, 1.54) is 23.1 Å². The Balaban J connectivity index is 1.34. The number of benzene rings is 4. The molecule has 1 unspecified atom stereocenters. The SMILES string of the molecule is CCOC(=O)c1c(-c2ccc(C)cc2)csc1NC(=O)C(CC)Sc1cccc(NC(=O)/C(=C\c2ccccc2OCC)NC(=O)c2ccccc2)c1. The van der Waals surface area contributed by atoms with E-state index in [1.54, 1.807) is 67.6 Å². The molecule has 3 N–H and O–H groups in total. The van der Waals surface area contributed by atoms with Gasteiger partial charge >= 0.3 is 5.97 Å². The Morgan fingerprint density at radius 3 is 2.28 bits per heavy atom. The van der Waals surface area contributed by atoms with Gasteiger partial charge < -0.3 is 25.4 Å². The lowest BCUT2D eigenvalue weighted by Crippen LogP contribution is -2.30. The third-order valence-corrected chi connectivity index (χ3v) is 10.2. The van der Waals surface area contributed by atoms with Crippen LogP contribution in [0.5, 0.6) is 5.75 Å². The van der Waals surface area contributed by atoms with E-state index in [1.807, 2.05) is 74.7 Å². The van der Waals surface area contributed by atoms with Gasteiger partial charge in [0, 0.05) is 32.7 Å². The zero-order valence-corrected chi connectivity index (χ0v) is 31.6. The lowest BCUT2D eigenvalue weighted by molar-refractivity contribution is -0.116. The van der Waals surface area contributed by atoms with Crippen LogP contribution in [0, 0.1) is 6.92 Å². The van der Waals surface area contributed by atoms with Gasteiger partial charge in [-0.1, -0.05) is 79.2 Å². The van der Waals surface area contributed by atoms with Gasteiger partial charge in [-0.05, 0) is 75.2 Å². The number of para-hydroxylation sites is 1. The van der Waals surface area contributed by atoms with E-state index in [2.05, 4.69) is 16.0 Å². The van der Waals surface area contributed by atoms with Crippen LogP contribution in [0.15, 0.2) is 119 Å². The molecule has 0 aliphatic rings. The average molecular weight is 748 g/mol. The van der Waals surface area contributed by atoms with Crippen LogP contribution < -0.4 is 20.7 Å². The summed E-state index contributed by atoms with van der Waals surface area (Å²) in [7, 11) is 0. The molecule has 0 saturated heterocycles. The highest BCUT2D eigenvalue weighted by molar-refractivity contribution is 8.00. The van der Waals surface area contributed by atoms with E-state index in [4.69, 9.17) is 9.47 Å². The summed E-state index contributed by atoms with van der Waals surface area (Å²) < 4.78 is 11.1. The molecule has 4 aromatic carbocycles. The van der Waals surface area contributed by atoms with Gasteiger partial charge in [0.1, 0.15) is 22.0 Å². The van der Waals surface area contributed by atoms with Crippen molar-refractivity contribution in [2.24, 2.45) is 0 Å². The number of carbonyl (C=O) groups is 4. The van der Waals surface area contributed by atoms with Crippen molar-refractivity contribution < 1.29 is 28.7 Å². The second kappa shape index (κ2) is 18.7. The Morgan fingerprint density at radius 1 is 0.830 bits per heavy atom. The Bertz CT molecular complexity index is 2090. The number of thioether (sulfide) groups is 1. The van der Waals surface area contributed by atoms with Gasteiger partial charge in [-0.25, -0.2) is 4.79 Å². The maximum atomic E-state index is 13.8. The van der Waals surface area contributed by atoms with Crippen LogP contribution in [0.25, 0.3) is 17.2 Å². The lowest BCUT2D eigenvalue weighted by atomic mass is 10.0. The van der Waals surface area contributed by atoms with Gasteiger partial charge in [0.2, 0.25) is 5.91 Å². The quantitative estimate of drug-likeness (QED) is 0.0555. The molecule has 1 aromatic heterocycles. The third kappa shape index (κ3) is 10.2. The summed E-state index contributed by atoms with van der Waals surface area (Å²) in [5.41, 5.74) is 4.48. The van der Waals surface area contributed by atoms with Crippen molar-refractivity contribution in [3.05, 3.63) is 136 Å². The van der Waals surface area contributed by atoms with Crippen molar-refractivity contribution in [3.8, 4) is 16.9 Å². The van der Waals surface area contributed by atoms with Crippen LogP contribution in [0.1, 0.15) is 59.0 Å². The number of nitrogens with one attached hydrogen (secondary N) is 3. The number of rotatable bonds is 15. The van der Waals surface area contributed by atoms with Crippen molar-refractivity contribution in [1.82, 2.24) is 5.32 Å². The van der Waals surface area contributed by atoms with Gasteiger partial charge in [-0.2, -0.15) is 0 Å². The molecular formula is C42H41N3O6S2. The van der Waals surface area contributed by atoms with Crippen molar-refractivity contribution >= 4 is 63.6 Å². The van der Waals surface area contributed by atoms with Crippen LogP contribution >= 0.6 is 23.1 Å². The maximum Gasteiger partial charge on any atom is 0.341 e. The molecule has 0 spiro atoms. The van der Waals surface area contributed by atoms with E-state index >= 15 is 0 Å². The smallest absolute Gasteiger partial charge is 0.341 e. The maximum absolute atomic E-state index is 13.8. The summed E-state index contributed by atoms with van der Waals surface area (Å²) in [6.07, 6.45) is 2.08. The van der Waals surface area contributed by atoms with Gasteiger partial charge in [0.25, 0.3) is 11.8 Å². The minimum atomic E-state index is -0.541. The average Bonchev–Trinajstić information content (AvgIpc) is 3.58. The summed E-state index contributed by atoms with van der Waals surface area (Å²) in [4.78, 5) is 54.5. The molecule has 3 amide bonds. The molecule has 1 heterocycles. The van der Waals surface area contributed by atoms with E-state index in [-0.39, 0.29) is 18.2 Å². The number of ether oxygens (including phenoxy) is 2. The van der Waals surface area contributed by atoms with Gasteiger partial charge in [-0.3, -0.25) is 14.4 Å². The molecule has 0 aliphatic heterocycles. The Hall–Kier alpha value is -5.65. The fourth-order valence-corrected chi connectivity index (χ4v) is 7.28. The molecule has 11 heteroatoms. The largest absolute Gasteiger partial charge is 0.493 e. The van der Waals surface area contributed by atoms with E-state index in [0.717, 1.165) is 16.0 Å². The molecule has 1 atom stereocenters. The van der Waals surface area contributed by atoms with Crippen molar-refractivity contribution in [2.75, 3.05) is 23.8 Å². The number of aryl methyl sites for hydroxylation is 1. The van der Waals surface area contributed by atoms with Gasteiger partial charge in [0.05, 0.1) is 18.5 Å². The predicted octanol–water partition coefficient (Wildman–Crippen LogP) is 9.22. The Labute approximate surface area is 317 Å². The van der Waals surface area contributed by atoms with Gasteiger partial charge in [-0.15, -0.1) is 23.1 Å². The second-order valence-corrected chi connectivity index (χ2v) is 13.9. The summed E-state index contributed by atoms with van der Waals surface area (Å²) in [6.45, 7) is 8.15. The Morgan fingerprint density at radius 2 is 1.57 bits per heavy atom. The van der Waals surface area contributed by atoms with E-state index < -0.39 is 23.0 Å². The first kappa shape index (κ1) is 38.6. The minimum Gasteiger partial charge on any atom is -0.493 e. The molecule has 9 nitrogen and oxygen atoms in total. The fraction of sp³-hybridized carbons (Fsp3) is 0.190. The fourth-order valence-electron chi connectivity index (χ4n) is 5.31. The zero-order chi connectivity index (χ0) is 37.7. The number of carbonyl (C=O) groups excluding carboxylic acids is 4. The molecule has 5 rings (SSSR count). The highest BCUT2D eigenvalue weighted by atomic mass is 32.2. The number of anilines is 2. The summed E-state index contributed by atoms with van der Waals surface area (Å²) >= 11 is 2.62. The first-order valence-electron chi connectivity index (χ1n) is 17.2. The number of hydrogen-bond donors (Lipinski definition) is 3. The van der Waals surface area contributed by atoms with Crippen LogP contribution in [-0.4, -0.2) is 42.2 Å². The monoisotopic (exact) mass is 747 g/mol. The number of esters is 1. The normalized spacial score (nSPS) is 11.7. The highest BCUT2D eigenvalue weighted by Gasteiger charge is 2.26. The number of amides is 3. The molecule has 53 heavy (non-hydrogen) atoms.